The lowest BCUT2D eigenvalue weighted by Crippen LogP contribution is -2.47. The van der Waals surface area contributed by atoms with E-state index in [-0.39, 0.29) is 28.7 Å². The second-order valence-corrected chi connectivity index (χ2v) is 12.4. The Hall–Kier alpha value is -3.90. The van der Waals surface area contributed by atoms with Gasteiger partial charge in [0.05, 0.1) is 28.9 Å². The Morgan fingerprint density at radius 3 is 2.12 bits per heavy atom. The molecule has 3 aromatic rings. The Morgan fingerprint density at radius 2 is 1.60 bits per heavy atom. The normalized spacial score (nSPS) is 18.4. The number of benzene rings is 3. The average Bonchev–Trinajstić information content (AvgIpc) is 2.99. The summed E-state index contributed by atoms with van der Waals surface area (Å²) in [6.07, 6.45) is -3.66. The third-order valence-corrected chi connectivity index (χ3v) is 9.30. The molecule has 0 bridgehead atoms. The van der Waals surface area contributed by atoms with Gasteiger partial charge < -0.3 is 20.4 Å². The van der Waals surface area contributed by atoms with Crippen LogP contribution < -0.4 is 10.2 Å². The van der Waals surface area contributed by atoms with Crippen molar-refractivity contribution in [2.24, 2.45) is 0 Å². The number of nitrogens with zero attached hydrogens (tertiary/aromatic N) is 1. The molecule has 3 aromatic carbocycles. The number of carbonyl (C=O) groups is 2. The van der Waals surface area contributed by atoms with Gasteiger partial charge in [-0.05, 0) is 72.5 Å². The predicted molar refractivity (Wildman–Crippen MR) is 150 cm³/mol. The largest absolute Gasteiger partial charge is 0.480 e. The molecule has 0 aliphatic carbocycles. The quantitative estimate of drug-likeness (QED) is 0.321. The van der Waals surface area contributed by atoms with E-state index in [1.807, 2.05) is 0 Å². The van der Waals surface area contributed by atoms with E-state index in [1.54, 1.807) is 17.0 Å². The zero-order chi connectivity index (χ0) is 30.7. The highest BCUT2D eigenvalue weighted by molar-refractivity contribution is 7.91. The second-order valence-electron chi connectivity index (χ2n) is 10.1. The van der Waals surface area contributed by atoms with E-state index in [9.17, 15) is 41.4 Å². The van der Waals surface area contributed by atoms with E-state index in [2.05, 4.69) is 5.32 Å². The summed E-state index contributed by atoms with van der Waals surface area (Å²) in [5.74, 6) is -1.76. The first-order valence-electron chi connectivity index (χ1n) is 13.3. The van der Waals surface area contributed by atoms with E-state index in [1.165, 1.54) is 55.5 Å². The van der Waals surface area contributed by atoms with Crippen LogP contribution in [-0.4, -0.2) is 55.5 Å². The minimum Gasteiger partial charge on any atom is -0.480 e. The predicted octanol–water partition coefficient (Wildman–Crippen LogP) is 4.80. The fourth-order valence-electron chi connectivity index (χ4n) is 5.08. The fraction of sp³-hybridized carbons (Fsp3) is 0.333. The van der Waals surface area contributed by atoms with Crippen molar-refractivity contribution in [3.05, 3.63) is 95.1 Å². The number of nitrogens with one attached hydrogen (secondary N) is 1. The molecular weight excluding hydrogens is 573 g/mol. The molecule has 1 saturated heterocycles. The summed E-state index contributed by atoms with van der Waals surface area (Å²) < 4.78 is 63.1. The van der Waals surface area contributed by atoms with Crippen LogP contribution >= 0.6 is 0 Å². The number of aliphatic hydroxyl groups excluding tert-OH is 1. The number of rotatable bonds is 9. The van der Waals surface area contributed by atoms with Crippen LogP contribution in [0.2, 0.25) is 0 Å². The van der Waals surface area contributed by atoms with Gasteiger partial charge in [0.25, 0.3) is 5.91 Å². The molecule has 1 unspecified atom stereocenters. The summed E-state index contributed by atoms with van der Waals surface area (Å²) in [6, 6.07) is 15.4. The van der Waals surface area contributed by atoms with Gasteiger partial charge in [-0.2, -0.15) is 13.2 Å². The molecule has 1 aliphatic heterocycles. The highest BCUT2D eigenvalue weighted by Crippen LogP contribution is 2.36. The molecule has 8 nitrogen and oxygen atoms in total. The van der Waals surface area contributed by atoms with E-state index >= 15 is 0 Å². The van der Waals surface area contributed by atoms with Gasteiger partial charge in [-0.3, -0.25) is 4.79 Å². The highest BCUT2D eigenvalue weighted by Gasteiger charge is 2.35. The smallest absolute Gasteiger partial charge is 0.416 e. The van der Waals surface area contributed by atoms with Crippen LogP contribution in [0.15, 0.2) is 77.7 Å². The van der Waals surface area contributed by atoms with Gasteiger partial charge in [0, 0.05) is 23.7 Å². The highest BCUT2D eigenvalue weighted by atomic mass is 32.2. The zero-order valence-electron chi connectivity index (χ0n) is 22.7. The van der Waals surface area contributed by atoms with Gasteiger partial charge in [0.2, 0.25) is 0 Å². The number of sulfone groups is 1. The van der Waals surface area contributed by atoms with Gasteiger partial charge >= 0.3 is 12.1 Å². The lowest BCUT2D eigenvalue weighted by molar-refractivity contribution is -0.139. The molecule has 42 heavy (non-hydrogen) atoms. The molecule has 12 heteroatoms. The van der Waals surface area contributed by atoms with Crippen molar-refractivity contribution in [2.45, 2.75) is 48.8 Å². The van der Waals surface area contributed by atoms with Crippen molar-refractivity contribution in [2.75, 3.05) is 23.8 Å². The third kappa shape index (κ3) is 6.93. The lowest BCUT2D eigenvalue weighted by atomic mass is 9.86. The molecule has 0 radical (unpaired) electrons. The van der Waals surface area contributed by atoms with Crippen LogP contribution in [0, 0.1) is 0 Å². The van der Waals surface area contributed by atoms with Crippen LogP contribution in [0.25, 0.3) is 0 Å². The number of hydrogen-bond donors (Lipinski definition) is 3. The first-order valence-corrected chi connectivity index (χ1v) is 15.0. The van der Waals surface area contributed by atoms with Gasteiger partial charge in [0.15, 0.2) is 9.84 Å². The number of aliphatic hydroxyl groups is 1. The Balaban J connectivity index is 1.48. The topological polar surface area (TPSA) is 124 Å². The van der Waals surface area contributed by atoms with Gasteiger partial charge in [-0.1, -0.05) is 31.2 Å². The van der Waals surface area contributed by atoms with E-state index in [0.717, 1.165) is 12.1 Å². The zero-order valence-corrected chi connectivity index (χ0v) is 23.5. The average molecular weight is 605 g/mol. The molecule has 4 rings (SSSR count). The molecular formula is C30H31F3N2O6S. The molecule has 1 heterocycles. The first-order chi connectivity index (χ1) is 19.8. The lowest BCUT2D eigenvalue weighted by Gasteiger charge is -2.39. The molecule has 1 fully saturated rings. The number of halogens is 3. The molecule has 0 spiro atoms. The summed E-state index contributed by atoms with van der Waals surface area (Å²) in [6.45, 7) is 1.38. The number of anilines is 1. The minimum atomic E-state index is -4.45. The Kier molecular flexibility index (Phi) is 9.27. The SMILES string of the molecule is CCS(=O)(=O)c1ccc([C@H](CO)NC(=O)c2ccc(N3CC(c4ccc(C(F)(F)F)cc4)CC[C@H]3C(=O)O)cc2)cc1. The van der Waals surface area contributed by atoms with Crippen LogP contribution in [0.1, 0.15) is 58.8 Å². The maximum atomic E-state index is 13.0. The Bertz CT molecular complexity index is 1510. The molecule has 1 aliphatic rings. The fourth-order valence-corrected chi connectivity index (χ4v) is 5.97. The van der Waals surface area contributed by atoms with Crippen LogP contribution in [0.5, 0.6) is 0 Å². The van der Waals surface area contributed by atoms with Gasteiger partial charge in [-0.25, -0.2) is 13.2 Å². The van der Waals surface area contributed by atoms with Gasteiger partial charge in [-0.15, -0.1) is 0 Å². The first kappa shape index (κ1) is 31.0. The Labute approximate surface area is 241 Å². The van der Waals surface area contributed by atoms with Crippen LogP contribution in [-0.2, 0) is 20.8 Å². The van der Waals surface area contributed by atoms with Crippen molar-refractivity contribution < 1.29 is 41.4 Å². The van der Waals surface area contributed by atoms with Crippen molar-refractivity contribution in [1.29, 1.82) is 0 Å². The van der Waals surface area contributed by atoms with E-state index in [4.69, 9.17) is 0 Å². The number of aliphatic carboxylic acids is 1. The summed E-state index contributed by atoms with van der Waals surface area (Å²) >= 11 is 0. The number of amides is 1. The maximum absolute atomic E-state index is 13.0. The van der Waals surface area contributed by atoms with Crippen LogP contribution in [0.4, 0.5) is 18.9 Å². The minimum absolute atomic E-state index is 0.0527. The molecule has 3 atom stereocenters. The number of carboxylic acid groups (broad SMARTS) is 1. The van der Waals surface area contributed by atoms with Crippen molar-refractivity contribution >= 4 is 27.4 Å². The third-order valence-electron chi connectivity index (χ3n) is 7.55. The number of alkyl halides is 3. The van der Waals surface area contributed by atoms with Crippen molar-refractivity contribution in [3.63, 3.8) is 0 Å². The van der Waals surface area contributed by atoms with E-state index in [0.29, 0.717) is 29.7 Å². The monoisotopic (exact) mass is 604 g/mol. The molecule has 224 valence electrons. The number of piperidine rings is 1. The van der Waals surface area contributed by atoms with E-state index < -0.39 is 52.1 Å². The van der Waals surface area contributed by atoms with Crippen LogP contribution in [0.3, 0.4) is 0 Å². The van der Waals surface area contributed by atoms with Crippen molar-refractivity contribution in [3.8, 4) is 0 Å². The summed E-state index contributed by atoms with van der Waals surface area (Å²) in [4.78, 5) is 26.8. The number of carbonyl (C=O) groups excluding carboxylic acids is 1. The van der Waals surface area contributed by atoms with Gasteiger partial charge in [0.1, 0.15) is 6.04 Å². The molecule has 0 aromatic heterocycles. The molecule has 3 N–H and O–H groups in total. The standard InChI is InChI=1S/C30H31F3N2O6S/c1-2-42(40,41)25-14-7-20(8-15-25)26(18-36)34-28(37)21-5-12-24(13-6-21)35-17-22(9-16-27(35)29(38)39)19-3-10-23(11-4-19)30(31,32)33/h3-8,10-15,22,26-27,36H,2,9,16-18H2,1H3,(H,34,37)(H,38,39)/t22?,26-,27-/m0/s1. The molecule has 1 amide bonds. The Morgan fingerprint density at radius 1 is 0.976 bits per heavy atom. The summed E-state index contributed by atoms with van der Waals surface area (Å²) in [5, 5.41) is 22.4. The number of hydrogen-bond acceptors (Lipinski definition) is 6. The maximum Gasteiger partial charge on any atom is 0.416 e. The molecule has 0 saturated carbocycles. The summed E-state index contributed by atoms with van der Waals surface area (Å²) in [7, 11) is -3.39. The summed E-state index contributed by atoms with van der Waals surface area (Å²) in [5.41, 5.74) is 1.25. The second kappa shape index (κ2) is 12.5. The van der Waals surface area contributed by atoms with Crippen molar-refractivity contribution in [1.82, 2.24) is 5.32 Å². The number of carboxylic acids is 1.